The highest BCUT2D eigenvalue weighted by atomic mass is 19.3. The number of H-pyrrole nitrogens is 1. The number of aromatic nitrogens is 2. The van der Waals surface area contributed by atoms with Crippen molar-refractivity contribution in [1.82, 2.24) is 14.5 Å². The van der Waals surface area contributed by atoms with Gasteiger partial charge in [-0.1, -0.05) is 37.3 Å². The van der Waals surface area contributed by atoms with Gasteiger partial charge in [-0.05, 0) is 32.4 Å². The van der Waals surface area contributed by atoms with Crippen LogP contribution in [0, 0.1) is 5.92 Å². The van der Waals surface area contributed by atoms with Crippen LogP contribution in [0.3, 0.4) is 0 Å². The third-order valence-electron chi connectivity index (χ3n) is 6.57. The van der Waals surface area contributed by atoms with Gasteiger partial charge in [0.2, 0.25) is 0 Å². The highest BCUT2D eigenvalue weighted by molar-refractivity contribution is 5.86. The molecule has 1 aliphatic rings. The Kier molecular flexibility index (Phi) is 8.20. The normalized spacial score (nSPS) is 19.2. The summed E-state index contributed by atoms with van der Waals surface area (Å²) >= 11 is 0. The number of hydrogen-bond acceptors (Lipinski definition) is 6. The van der Waals surface area contributed by atoms with Crippen LogP contribution in [0.5, 0.6) is 5.75 Å². The molecule has 0 unspecified atom stereocenters. The van der Waals surface area contributed by atoms with Gasteiger partial charge in [-0.2, -0.15) is 0 Å². The van der Waals surface area contributed by atoms with Crippen LogP contribution < -0.4 is 15.7 Å². The third kappa shape index (κ3) is 6.70. The van der Waals surface area contributed by atoms with Crippen molar-refractivity contribution >= 4 is 22.8 Å². The topological polar surface area (TPSA) is 97.8 Å². The van der Waals surface area contributed by atoms with Gasteiger partial charge in [0.05, 0.1) is 18.7 Å². The van der Waals surface area contributed by atoms with E-state index in [-0.39, 0.29) is 32.0 Å². The molecule has 2 atom stereocenters. The molecule has 1 aromatic heterocycles. The number of alkyl halides is 2. The Hall–Kier alpha value is -3.60. The Labute approximate surface area is 226 Å². The molecule has 3 aromatic rings. The van der Waals surface area contributed by atoms with Crippen molar-refractivity contribution in [2.75, 3.05) is 31.6 Å². The summed E-state index contributed by atoms with van der Waals surface area (Å²) in [5.74, 6) is -3.82. The number of carbonyl (C=O) groups is 1. The van der Waals surface area contributed by atoms with E-state index in [9.17, 15) is 18.4 Å². The summed E-state index contributed by atoms with van der Waals surface area (Å²) in [4.78, 5) is 28.8. The maximum Gasteiger partial charge on any atom is 0.410 e. The number of aryl methyl sites for hydroxylation is 1. The van der Waals surface area contributed by atoms with E-state index in [2.05, 4.69) is 10.3 Å². The van der Waals surface area contributed by atoms with E-state index in [0.29, 0.717) is 23.3 Å². The zero-order chi connectivity index (χ0) is 28.4. The number of piperidine rings is 1. The van der Waals surface area contributed by atoms with Crippen molar-refractivity contribution < 1.29 is 27.8 Å². The van der Waals surface area contributed by atoms with E-state index in [0.717, 1.165) is 11.3 Å². The molecule has 1 saturated heterocycles. The minimum Gasteiger partial charge on any atom is -0.489 e. The fourth-order valence-corrected chi connectivity index (χ4v) is 4.51. The van der Waals surface area contributed by atoms with Gasteiger partial charge < -0.3 is 29.4 Å². The average Bonchev–Trinajstić information content (AvgIpc) is 3.15. The summed E-state index contributed by atoms with van der Waals surface area (Å²) < 4.78 is 48.2. The summed E-state index contributed by atoms with van der Waals surface area (Å²) in [5.41, 5.74) is 1.90. The number of carbonyl (C=O) groups excluding carboxylic acids is 1. The summed E-state index contributed by atoms with van der Waals surface area (Å²) in [5, 5.41) is 3.32. The molecule has 2 heterocycles. The molecular formula is C28H36F2N4O5. The number of hydrogen-bond donors (Lipinski definition) is 2. The maximum atomic E-state index is 14.9. The van der Waals surface area contributed by atoms with Crippen LogP contribution in [0.1, 0.15) is 33.3 Å². The molecule has 212 valence electrons. The van der Waals surface area contributed by atoms with E-state index in [4.69, 9.17) is 14.2 Å². The van der Waals surface area contributed by atoms with E-state index in [1.54, 1.807) is 33.9 Å². The minimum absolute atomic E-state index is 0.0377. The number of nitrogens with zero attached hydrogens (tertiary/aromatic N) is 2. The highest BCUT2D eigenvalue weighted by Crippen LogP contribution is 2.36. The van der Waals surface area contributed by atoms with Gasteiger partial charge in [-0.3, -0.25) is 4.57 Å². The lowest BCUT2D eigenvalue weighted by molar-refractivity contribution is -0.197. The molecular weight excluding hydrogens is 510 g/mol. The number of amides is 1. The van der Waals surface area contributed by atoms with Crippen LogP contribution in [-0.2, 0) is 23.1 Å². The zero-order valence-electron chi connectivity index (χ0n) is 22.9. The van der Waals surface area contributed by atoms with Gasteiger partial charge >= 0.3 is 11.8 Å². The Morgan fingerprint density at radius 1 is 1.15 bits per heavy atom. The number of likely N-dealkylation sites (tertiary alicyclic amines) is 1. The predicted octanol–water partition coefficient (Wildman–Crippen LogP) is 4.76. The van der Waals surface area contributed by atoms with Gasteiger partial charge in [0.1, 0.15) is 29.6 Å². The van der Waals surface area contributed by atoms with Crippen molar-refractivity contribution in [3.63, 3.8) is 0 Å². The second-order valence-electron chi connectivity index (χ2n) is 10.9. The first-order valence-electron chi connectivity index (χ1n) is 13.0. The maximum absolute atomic E-state index is 14.9. The number of ether oxygens (including phenoxy) is 3. The molecule has 1 amide bonds. The highest BCUT2D eigenvalue weighted by Gasteiger charge is 2.51. The van der Waals surface area contributed by atoms with Gasteiger partial charge in [0, 0.05) is 37.8 Å². The fraction of sp³-hybridized carbons (Fsp3) is 0.500. The van der Waals surface area contributed by atoms with E-state index in [1.165, 1.54) is 16.4 Å². The smallest absolute Gasteiger partial charge is 0.410 e. The van der Waals surface area contributed by atoms with Crippen molar-refractivity contribution in [3.8, 4) is 5.75 Å². The number of halogens is 2. The third-order valence-corrected chi connectivity index (χ3v) is 6.57. The molecule has 0 saturated carbocycles. The first-order valence-corrected chi connectivity index (χ1v) is 13.0. The van der Waals surface area contributed by atoms with Crippen molar-refractivity contribution in [1.29, 1.82) is 0 Å². The Morgan fingerprint density at radius 3 is 2.56 bits per heavy atom. The average molecular weight is 547 g/mol. The molecule has 0 aliphatic carbocycles. The SMILES string of the molecule is C[C@H]1CN(C(=O)OC(C)(C)C)C[C@@H](OCCOc2cc(NCc3ccccc3)cc3[nH]c(=O)n(C)c23)C1(F)F. The summed E-state index contributed by atoms with van der Waals surface area (Å²) in [6.07, 6.45) is -2.15. The molecule has 1 fully saturated rings. The van der Waals surface area contributed by atoms with E-state index in [1.807, 2.05) is 36.4 Å². The van der Waals surface area contributed by atoms with E-state index >= 15 is 0 Å². The predicted molar refractivity (Wildman–Crippen MR) is 144 cm³/mol. The lowest BCUT2D eigenvalue weighted by Crippen LogP contribution is -2.59. The number of aromatic amines is 1. The molecule has 11 heteroatoms. The lowest BCUT2D eigenvalue weighted by atomic mass is 9.93. The molecule has 9 nitrogen and oxygen atoms in total. The second-order valence-corrected chi connectivity index (χ2v) is 10.9. The minimum atomic E-state index is -3.13. The lowest BCUT2D eigenvalue weighted by Gasteiger charge is -2.42. The van der Waals surface area contributed by atoms with Gasteiger partial charge in [-0.15, -0.1) is 0 Å². The molecule has 39 heavy (non-hydrogen) atoms. The number of anilines is 1. The first kappa shape index (κ1) is 28.4. The van der Waals surface area contributed by atoms with Crippen LogP contribution >= 0.6 is 0 Å². The van der Waals surface area contributed by atoms with Crippen LogP contribution in [-0.4, -0.2) is 64.5 Å². The van der Waals surface area contributed by atoms with Gasteiger partial charge in [0.25, 0.3) is 5.92 Å². The monoisotopic (exact) mass is 546 g/mol. The molecule has 0 spiro atoms. The number of nitrogens with one attached hydrogen (secondary N) is 2. The molecule has 2 N–H and O–H groups in total. The molecule has 2 aromatic carbocycles. The zero-order valence-corrected chi connectivity index (χ0v) is 22.9. The van der Waals surface area contributed by atoms with Crippen molar-refractivity contribution in [2.45, 2.75) is 51.9 Å². The Morgan fingerprint density at radius 2 is 1.87 bits per heavy atom. The summed E-state index contributed by atoms with van der Waals surface area (Å²) in [6, 6.07) is 13.4. The first-order chi connectivity index (χ1) is 18.3. The Bertz CT molecular complexity index is 1350. The fourth-order valence-electron chi connectivity index (χ4n) is 4.51. The number of imidazole rings is 1. The molecule has 1 aliphatic heterocycles. The van der Waals surface area contributed by atoms with Crippen LogP contribution in [0.4, 0.5) is 19.3 Å². The number of fused-ring (bicyclic) bond motifs is 1. The standard InChI is InChI=1S/C28H36F2N4O5/c1-18-16-34(26(36)39-27(2,3)4)17-23(28(18,29)30)38-12-11-37-22-14-20(31-15-19-9-7-6-8-10-19)13-21-24(22)33(5)25(35)32-21/h6-10,13-14,18,23,31H,11-12,15-17H2,1-5H3,(H,32,35)/t18-,23+/m0/s1. The van der Waals surface area contributed by atoms with Crippen molar-refractivity contribution in [3.05, 3.63) is 58.5 Å². The summed E-state index contributed by atoms with van der Waals surface area (Å²) in [6.45, 7) is 6.53. The Balaban J connectivity index is 1.43. The van der Waals surface area contributed by atoms with Crippen LogP contribution in [0.15, 0.2) is 47.3 Å². The van der Waals surface area contributed by atoms with Gasteiger partial charge in [-0.25, -0.2) is 18.4 Å². The number of benzene rings is 2. The molecule has 0 bridgehead atoms. The largest absolute Gasteiger partial charge is 0.489 e. The second kappa shape index (κ2) is 11.3. The quantitative estimate of drug-likeness (QED) is 0.395. The number of rotatable bonds is 8. The molecule has 4 rings (SSSR count). The van der Waals surface area contributed by atoms with Crippen LogP contribution in [0.2, 0.25) is 0 Å². The summed E-state index contributed by atoms with van der Waals surface area (Å²) in [7, 11) is 1.62. The van der Waals surface area contributed by atoms with Crippen LogP contribution in [0.25, 0.3) is 11.0 Å². The van der Waals surface area contributed by atoms with Gasteiger partial charge in [0.15, 0.2) is 0 Å². The van der Waals surface area contributed by atoms with Crippen molar-refractivity contribution in [2.24, 2.45) is 13.0 Å². The molecule has 0 radical (unpaired) electrons. The van der Waals surface area contributed by atoms with E-state index < -0.39 is 29.6 Å².